The molecule has 0 spiro atoms. The fourth-order valence-corrected chi connectivity index (χ4v) is 3.01. The van der Waals surface area contributed by atoms with Crippen molar-refractivity contribution in [1.82, 2.24) is 5.32 Å². The topological polar surface area (TPSA) is 55.1 Å². The molecule has 4 heteroatoms. The molecule has 0 aliphatic heterocycles. The zero-order valence-corrected chi connectivity index (χ0v) is 14.0. The van der Waals surface area contributed by atoms with Gasteiger partial charge in [-0.1, -0.05) is 26.7 Å². The Morgan fingerprint density at radius 1 is 1.10 bits per heavy atom. The summed E-state index contributed by atoms with van der Waals surface area (Å²) in [5, 5.41) is 3.21. The molecular weight excluding hydrogens is 272 g/mol. The Kier molecular flexibility index (Phi) is 11.2. The molecule has 0 saturated heterocycles. The van der Waals surface area contributed by atoms with Crippen LogP contribution in [0.25, 0.3) is 0 Å². The van der Waals surface area contributed by atoms with Crippen molar-refractivity contribution in [3.63, 3.8) is 0 Å². The molecule has 0 heterocycles. The summed E-state index contributed by atoms with van der Waals surface area (Å²) in [5.74, 6) is 1.91. The minimum absolute atomic E-state index is 0. The van der Waals surface area contributed by atoms with Crippen LogP contribution in [0, 0.1) is 11.8 Å². The highest BCUT2D eigenvalue weighted by Crippen LogP contribution is 2.29. The zero-order valence-electron chi connectivity index (χ0n) is 13.2. The van der Waals surface area contributed by atoms with Gasteiger partial charge in [0.25, 0.3) is 0 Å². The molecule has 1 saturated carbocycles. The van der Waals surface area contributed by atoms with Crippen LogP contribution >= 0.6 is 12.4 Å². The number of halogens is 1. The molecule has 3 N–H and O–H groups in total. The molecule has 1 fully saturated rings. The van der Waals surface area contributed by atoms with E-state index in [0.717, 1.165) is 44.1 Å². The molecule has 0 bridgehead atoms. The van der Waals surface area contributed by atoms with Gasteiger partial charge >= 0.3 is 0 Å². The van der Waals surface area contributed by atoms with Crippen molar-refractivity contribution >= 4 is 18.3 Å². The maximum Gasteiger partial charge on any atom is 0.220 e. The Balaban J connectivity index is 0.00000361. The van der Waals surface area contributed by atoms with Gasteiger partial charge in [-0.25, -0.2) is 0 Å². The summed E-state index contributed by atoms with van der Waals surface area (Å²) in [5.41, 5.74) is 5.45. The second-order valence-corrected chi connectivity index (χ2v) is 6.38. The third kappa shape index (κ3) is 8.11. The van der Waals surface area contributed by atoms with Gasteiger partial charge in [0, 0.05) is 12.5 Å². The second kappa shape index (κ2) is 11.4. The van der Waals surface area contributed by atoms with E-state index in [9.17, 15) is 4.79 Å². The number of rotatable bonds is 8. The molecule has 3 nitrogen and oxygen atoms in total. The number of hydrogen-bond acceptors (Lipinski definition) is 2. The first kappa shape index (κ1) is 19.7. The molecular formula is C16H33ClN2O. The van der Waals surface area contributed by atoms with Crippen LogP contribution in [0.4, 0.5) is 0 Å². The highest BCUT2D eigenvalue weighted by atomic mass is 35.5. The van der Waals surface area contributed by atoms with E-state index in [1.165, 1.54) is 25.7 Å². The maximum absolute atomic E-state index is 11.8. The molecule has 1 amide bonds. The molecule has 120 valence electrons. The lowest BCUT2D eigenvalue weighted by atomic mass is 9.79. The van der Waals surface area contributed by atoms with Gasteiger partial charge in [0.05, 0.1) is 0 Å². The van der Waals surface area contributed by atoms with E-state index < -0.39 is 0 Å². The lowest BCUT2D eigenvalue weighted by Gasteiger charge is -2.31. The number of hydrogen-bond donors (Lipinski definition) is 2. The van der Waals surface area contributed by atoms with Crippen LogP contribution in [-0.4, -0.2) is 18.5 Å². The van der Waals surface area contributed by atoms with Crippen LogP contribution in [0.15, 0.2) is 0 Å². The number of amides is 1. The number of carbonyl (C=O) groups is 1. The molecule has 0 aromatic heterocycles. The van der Waals surface area contributed by atoms with Crippen molar-refractivity contribution in [2.24, 2.45) is 17.6 Å². The van der Waals surface area contributed by atoms with Crippen LogP contribution in [0.1, 0.15) is 71.6 Å². The van der Waals surface area contributed by atoms with Crippen LogP contribution in [0.3, 0.4) is 0 Å². The Bertz CT molecular complexity index is 251. The predicted molar refractivity (Wildman–Crippen MR) is 88.1 cm³/mol. The number of carbonyl (C=O) groups excluding carboxylic acids is 1. The quantitative estimate of drug-likeness (QED) is 0.673. The van der Waals surface area contributed by atoms with Crippen LogP contribution < -0.4 is 11.1 Å². The van der Waals surface area contributed by atoms with Crippen molar-refractivity contribution in [1.29, 1.82) is 0 Å². The maximum atomic E-state index is 11.8. The van der Waals surface area contributed by atoms with E-state index in [1.807, 2.05) is 0 Å². The van der Waals surface area contributed by atoms with E-state index >= 15 is 0 Å². The highest BCUT2D eigenvalue weighted by Gasteiger charge is 2.23. The average molecular weight is 305 g/mol. The summed E-state index contributed by atoms with van der Waals surface area (Å²) in [4.78, 5) is 11.8. The lowest BCUT2D eigenvalue weighted by Crippen LogP contribution is -2.38. The number of nitrogens with one attached hydrogen (secondary N) is 1. The summed E-state index contributed by atoms with van der Waals surface area (Å²) in [7, 11) is 0. The van der Waals surface area contributed by atoms with E-state index in [2.05, 4.69) is 19.2 Å². The zero-order chi connectivity index (χ0) is 14.1. The Morgan fingerprint density at radius 2 is 1.70 bits per heavy atom. The fraction of sp³-hybridized carbons (Fsp3) is 0.938. The first-order valence-corrected chi connectivity index (χ1v) is 8.13. The molecule has 0 radical (unpaired) electrons. The Hall–Kier alpha value is -0.280. The van der Waals surface area contributed by atoms with Gasteiger partial charge in [-0.2, -0.15) is 0 Å². The minimum atomic E-state index is 0. The fourth-order valence-electron chi connectivity index (χ4n) is 3.01. The molecule has 0 atom stereocenters. The first-order chi connectivity index (χ1) is 9.13. The van der Waals surface area contributed by atoms with E-state index in [4.69, 9.17) is 5.73 Å². The average Bonchev–Trinajstić information content (AvgIpc) is 2.39. The first-order valence-electron chi connectivity index (χ1n) is 8.13. The van der Waals surface area contributed by atoms with Crippen molar-refractivity contribution in [3.05, 3.63) is 0 Å². The summed E-state index contributed by atoms with van der Waals surface area (Å²) in [6.45, 7) is 5.39. The largest absolute Gasteiger partial charge is 0.353 e. The van der Waals surface area contributed by atoms with Crippen molar-refractivity contribution in [3.8, 4) is 0 Å². The van der Waals surface area contributed by atoms with Crippen LogP contribution in [0.2, 0.25) is 0 Å². The smallest absolute Gasteiger partial charge is 0.220 e. The van der Waals surface area contributed by atoms with Gasteiger partial charge in [0.15, 0.2) is 0 Å². The van der Waals surface area contributed by atoms with E-state index in [-0.39, 0.29) is 18.3 Å². The predicted octanol–water partition coefficient (Wildman–Crippen LogP) is 3.65. The van der Waals surface area contributed by atoms with Crippen LogP contribution in [0.5, 0.6) is 0 Å². The molecule has 0 unspecified atom stereocenters. The second-order valence-electron chi connectivity index (χ2n) is 6.38. The van der Waals surface area contributed by atoms with Gasteiger partial charge in [0.1, 0.15) is 0 Å². The van der Waals surface area contributed by atoms with Gasteiger partial charge < -0.3 is 11.1 Å². The Labute approximate surface area is 130 Å². The minimum Gasteiger partial charge on any atom is -0.353 e. The summed E-state index contributed by atoms with van der Waals surface area (Å²) in [6.07, 6.45) is 9.96. The van der Waals surface area contributed by atoms with Gasteiger partial charge in [-0.05, 0) is 56.9 Å². The lowest BCUT2D eigenvalue weighted by molar-refractivity contribution is -0.122. The molecule has 1 rings (SSSR count). The van der Waals surface area contributed by atoms with Crippen molar-refractivity contribution in [2.45, 2.75) is 77.7 Å². The van der Waals surface area contributed by atoms with E-state index in [1.54, 1.807) is 0 Å². The SMILES string of the molecule is CC(C)C1CCC(NC(=O)CCCCCCN)CC1.Cl. The number of nitrogens with two attached hydrogens (primary N) is 1. The molecule has 20 heavy (non-hydrogen) atoms. The molecule has 1 aliphatic carbocycles. The molecule has 1 aliphatic rings. The third-order valence-corrected chi connectivity index (χ3v) is 4.44. The molecule has 0 aromatic rings. The summed E-state index contributed by atoms with van der Waals surface area (Å²) >= 11 is 0. The van der Waals surface area contributed by atoms with E-state index in [0.29, 0.717) is 12.5 Å². The van der Waals surface area contributed by atoms with Gasteiger partial charge in [-0.15, -0.1) is 12.4 Å². The summed E-state index contributed by atoms with van der Waals surface area (Å²) < 4.78 is 0. The molecule has 0 aromatic carbocycles. The van der Waals surface area contributed by atoms with Gasteiger partial charge in [0.2, 0.25) is 5.91 Å². The third-order valence-electron chi connectivity index (χ3n) is 4.44. The van der Waals surface area contributed by atoms with Crippen LogP contribution in [-0.2, 0) is 4.79 Å². The van der Waals surface area contributed by atoms with Gasteiger partial charge in [-0.3, -0.25) is 4.79 Å². The Morgan fingerprint density at radius 3 is 2.25 bits per heavy atom. The number of unbranched alkanes of at least 4 members (excludes halogenated alkanes) is 3. The standard InChI is InChI=1S/C16H32N2O.ClH/c1-13(2)14-8-10-15(11-9-14)18-16(19)7-5-3-4-6-12-17;/h13-15H,3-12,17H2,1-2H3,(H,18,19);1H. The van der Waals surface area contributed by atoms with Crippen molar-refractivity contribution < 1.29 is 4.79 Å². The summed E-state index contributed by atoms with van der Waals surface area (Å²) in [6, 6.07) is 0.437. The normalized spacial score (nSPS) is 22.4. The van der Waals surface area contributed by atoms with Crippen molar-refractivity contribution in [2.75, 3.05) is 6.54 Å². The monoisotopic (exact) mass is 304 g/mol. The highest BCUT2D eigenvalue weighted by molar-refractivity contribution is 5.85.